The topological polar surface area (TPSA) is 12.5 Å². The van der Waals surface area contributed by atoms with Crippen molar-refractivity contribution < 1.29 is 4.74 Å². The molecule has 0 rings (SSSR count). The molecule has 0 aliphatic rings. The van der Waals surface area contributed by atoms with Crippen molar-refractivity contribution in [3.8, 4) is 0 Å². The molecule has 0 radical (unpaired) electrons. The van der Waals surface area contributed by atoms with E-state index in [0.717, 1.165) is 32.8 Å². The van der Waals surface area contributed by atoms with Gasteiger partial charge in [0, 0.05) is 13.2 Å². The van der Waals surface area contributed by atoms with Crippen LogP contribution < -0.4 is 0 Å². The molecule has 2 nitrogen and oxygen atoms in total. The number of unbranched alkanes of at least 4 members (excludes halogenated alkanes) is 2. The van der Waals surface area contributed by atoms with E-state index in [1.54, 1.807) is 6.08 Å². The standard InChI is InChI=1S/C11H25NO.C3H6/c1-4-7-8-10-13-11-9-12(5-2)6-3;1-3-2/h4-11H2,1-3H3;3H,1H2,2H3. The molecule has 0 aromatic rings. The molecule has 0 saturated carbocycles. The Balaban J connectivity index is 0. The van der Waals surface area contributed by atoms with Crippen molar-refractivity contribution in [3.05, 3.63) is 12.7 Å². The van der Waals surface area contributed by atoms with Gasteiger partial charge in [0.25, 0.3) is 0 Å². The van der Waals surface area contributed by atoms with Crippen LogP contribution in [0.4, 0.5) is 0 Å². The summed E-state index contributed by atoms with van der Waals surface area (Å²) in [4.78, 5) is 2.39. The fourth-order valence-corrected chi connectivity index (χ4v) is 1.29. The molecule has 0 amide bonds. The second kappa shape index (κ2) is 17.1. The van der Waals surface area contributed by atoms with Gasteiger partial charge >= 0.3 is 0 Å². The van der Waals surface area contributed by atoms with Gasteiger partial charge in [0.1, 0.15) is 0 Å². The number of allylic oxidation sites excluding steroid dienone is 1. The van der Waals surface area contributed by atoms with Gasteiger partial charge < -0.3 is 9.64 Å². The van der Waals surface area contributed by atoms with Gasteiger partial charge in [-0.2, -0.15) is 0 Å². The zero-order chi connectivity index (χ0) is 12.6. The minimum Gasteiger partial charge on any atom is -0.380 e. The molecule has 0 aliphatic carbocycles. The summed E-state index contributed by atoms with van der Waals surface area (Å²) >= 11 is 0. The quantitative estimate of drug-likeness (QED) is 0.441. The molecule has 0 saturated heterocycles. The first-order valence-electron chi connectivity index (χ1n) is 6.63. The fourth-order valence-electron chi connectivity index (χ4n) is 1.29. The van der Waals surface area contributed by atoms with E-state index < -0.39 is 0 Å². The van der Waals surface area contributed by atoms with Crippen molar-refractivity contribution in [2.75, 3.05) is 32.8 Å². The SMILES string of the molecule is C=CC.CCCCCOCCN(CC)CC. The van der Waals surface area contributed by atoms with Gasteiger partial charge in [-0.3, -0.25) is 0 Å². The van der Waals surface area contributed by atoms with E-state index in [1.165, 1.54) is 19.3 Å². The second-order valence-electron chi connectivity index (χ2n) is 3.75. The fraction of sp³-hybridized carbons (Fsp3) is 0.857. The number of nitrogens with zero attached hydrogens (tertiary/aromatic N) is 1. The molecule has 98 valence electrons. The van der Waals surface area contributed by atoms with Crippen LogP contribution in [-0.4, -0.2) is 37.7 Å². The van der Waals surface area contributed by atoms with Gasteiger partial charge in [0.15, 0.2) is 0 Å². The summed E-state index contributed by atoms with van der Waals surface area (Å²) in [6.45, 7) is 17.0. The maximum absolute atomic E-state index is 5.53. The largest absolute Gasteiger partial charge is 0.380 e. The maximum Gasteiger partial charge on any atom is 0.0593 e. The Labute approximate surface area is 103 Å². The molecular weight excluding hydrogens is 198 g/mol. The molecule has 0 heterocycles. The van der Waals surface area contributed by atoms with Crippen molar-refractivity contribution in [1.82, 2.24) is 4.90 Å². The zero-order valence-electron chi connectivity index (χ0n) is 11.8. The van der Waals surface area contributed by atoms with Crippen LogP contribution in [0.3, 0.4) is 0 Å². The summed E-state index contributed by atoms with van der Waals surface area (Å²) in [6.07, 6.45) is 5.54. The molecule has 0 aromatic carbocycles. The first-order chi connectivity index (χ1) is 7.76. The number of hydrogen-bond acceptors (Lipinski definition) is 2. The summed E-state index contributed by atoms with van der Waals surface area (Å²) in [5.74, 6) is 0. The Kier molecular flexibility index (Phi) is 19.2. The molecule has 0 bridgehead atoms. The Morgan fingerprint density at radius 3 is 2.06 bits per heavy atom. The van der Waals surface area contributed by atoms with E-state index in [-0.39, 0.29) is 0 Å². The average molecular weight is 229 g/mol. The Morgan fingerprint density at radius 2 is 1.62 bits per heavy atom. The van der Waals surface area contributed by atoms with Crippen LogP contribution in [0.15, 0.2) is 12.7 Å². The second-order valence-corrected chi connectivity index (χ2v) is 3.75. The highest BCUT2D eigenvalue weighted by Crippen LogP contribution is 1.94. The summed E-state index contributed by atoms with van der Waals surface area (Å²) in [7, 11) is 0. The minimum absolute atomic E-state index is 0.894. The highest BCUT2D eigenvalue weighted by Gasteiger charge is 1.97. The van der Waals surface area contributed by atoms with Crippen LogP contribution in [0.2, 0.25) is 0 Å². The zero-order valence-corrected chi connectivity index (χ0v) is 11.8. The summed E-state index contributed by atoms with van der Waals surface area (Å²) in [5.41, 5.74) is 0. The summed E-state index contributed by atoms with van der Waals surface area (Å²) in [6, 6.07) is 0. The molecule has 0 atom stereocenters. The first-order valence-corrected chi connectivity index (χ1v) is 6.63. The van der Waals surface area contributed by atoms with E-state index in [9.17, 15) is 0 Å². The molecule has 2 heteroatoms. The predicted molar refractivity (Wildman–Crippen MR) is 74.0 cm³/mol. The molecule has 0 fully saturated rings. The van der Waals surface area contributed by atoms with Gasteiger partial charge in [-0.05, 0) is 26.4 Å². The van der Waals surface area contributed by atoms with Gasteiger partial charge in [-0.25, -0.2) is 0 Å². The summed E-state index contributed by atoms with van der Waals surface area (Å²) < 4.78 is 5.53. The van der Waals surface area contributed by atoms with Crippen LogP contribution in [0, 0.1) is 0 Å². The van der Waals surface area contributed by atoms with Crippen LogP contribution in [0.5, 0.6) is 0 Å². The molecule has 0 aliphatic heterocycles. The van der Waals surface area contributed by atoms with Crippen molar-refractivity contribution in [3.63, 3.8) is 0 Å². The van der Waals surface area contributed by atoms with E-state index in [1.807, 2.05) is 6.92 Å². The lowest BCUT2D eigenvalue weighted by Gasteiger charge is -2.17. The number of hydrogen-bond donors (Lipinski definition) is 0. The van der Waals surface area contributed by atoms with Crippen LogP contribution in [0.1, 0.15) is 47.0 Å². The number of likely N-dealkylation sites (N-methyl/N-ethyl adjacent to an activating group) is 1. The smallest absolute Gasteiger partial charge is 0.0593 e. The first kappa shape index (κ1) is 18.0. The van der Waals surface area contributed by atoms with Gasteiger partial charge in [-0.1, -0.05) is 39.7 Å². The number of ether oxygens (including phenoxy) is 1. The lowest BCUT2D eigenvalue weighted by Crippen LogP contribution is -2.27. The third-order valence-corrected chi connectivity index (χ3v) is 2.34. The molecular formula is C14H31NO. The average Bonchev–Trinajstić information content (AvgIpc) is 2.29. The van der Waals surface area contributed by atoms with E-state index in [2.05, 4.69) is 32.3 Å². The van der Waals surface area contributed by atoms with Crippen molar-refractivity contribution >= 4 is 0 Å². The van der Waals surface area contributed by atoms with E-state index in [0.29, 0.717) is 0 Å². The lowest BCUT2D eigenvalue weighted by atomic mass is 10.3. The monoisotopic (exact) mass is 229 g/mol. The molecule has 0 aromatic heterocycles. The third kappa shape index (κ3) is 16.1. The number of rotatable bonds is 9. The predicted octanol–water partition coefficient (Wildman–Crippen LogP) is 3.73. The van der Waals surface area contributed by atoms with Crippen LogP contribution in [-0.2, 0) is 4.74 Å². The third-order valence-electron chi connectivity index (χ3n) is 2.34. The maximum atomic E-state index is 5.53. The van der Waals surface area contributed by atoms with Crippen molar-refractivity contribution in [1.29, 1.82) is 0 Å². The van der Waals surface area contributed by atoms with E-state index >= 15 is 0 Å². The highest BCUT2D eigenvalue weighted by molar-refractivity contribution is 4.51. The molecule has 0 spiro atoms. The minimum atomic E-state index is 0.894. The Morgan fingerprint density at radius 1 is 1.06 bits per heavy atom. The normalized spacial score (nSPS) is 9.81. The Hall–Kier alpha value is -0.340. The van der Waals surface area contributed by atoms with Crippen molar-refractivity contribution in [2.24, 2.45) is 0 Å². The van der Waals surface area contributed by atoms with Crippen LogP contribution in [0.25, 0.3) is 0 Å². The summed E-state index contributed by atoms with van der Waals surface area (Å²) in [5, 5.41) is 0. The van der Waals surface area contributed by atoms with Gasteiger partial charge in [0.2, 0.25) is 0 Å². The Bertz CT molecular complexity index is 122. The molecule has 16 heavy (non-hydrogen) atoms. The van der Waals surface area contributed by atoms with Crippen molar-refractivity contribution in [2.45, 2.75) is 47.0 Å². The molecule has 0 N–H and O–H groups in total. The molecule has 0 unspecified atom stereocenters. The lowest BCUT2D eigenvalue weighted by molar-refractivity contribution is 0.104. The van der Waals surface area contributed by atoms with E-state index in [4.69, 9.17) is 4.74 Å². The van der Waals surface area contributed by atoms with Gasteiger partial charge in [0.05, 0.1) is 6.61 Å². The highest BCUT2D eigenvalue weighted by atomic mass is 16.5. The van der Waals surface area contributed by atoms with Gasteiger partial charge in [-0.15, -0.1) is 6.58 Å². The van der Waals surface area contributed by atoms with Crippen LogP contribution >= 0.6 is 0 Å².